The average molecular weight is 636 g/mol. The van der Waals surface area contributed by atoms with E-state index in [0.29, 0.717) is 12.5 Å². The zero-order valence-corrected chi connectivity index (χ0v) is 25.7. The molecule has 13 heteroatoms. The number of fused-ring (bicyclic) bond motifs is 3. The van der Waals surface area contributed by atoms with Crippen LogP contribution in [0.2, 0.25) is 0 Å². The minimum Gasteiger partial charge on any atom is -0.507 e. The van der Waals surface area contributed by atoms with Crippen LogP contribution in [0.1, 0.15) is 72.0 Å². The molecule has 6 atom stereocenters. The Morgan fingerprint density at radius 3 is 2.22 bits per heavy atom. The quantitative estimate of drug-likeness (QED) is 0.315. The normalized spacial score (nSPS) is 31.1. The molecule has 3 saturated carbocycles. The molecule has 10 nitrogen and oxygen atoms in total. The number of aliphatic hydroxyl groups is 1. The van der Waals surface area contributed by atoms with E-state index >= 15 is 0 Å². The summed E-state index contributed by atoms with van der Waals surface area (Å²) < 4.78 is 44.5. The molecule has 0 spiro atoms. The van der Waals surface area contributed by atoms with E-state index in [9.17, 15) is 47.4 Å². The van der Waals surface area contributed by atoms with E-state index in [4.69, 9.17) is 5.73 Å². The Morgan fingerprint density at radius 1 is 1.04 bits per heavy atom. The number of phenolic OH excluding ortho intramolecular Hbond substituents is 1. The number of primary amides is 1. The highest BCUT2D eigenvalue weighted by Crippen LogP contribution is 2.52. The van der Waals surface area contributed by atoms with Crippen LogP contribution in [0.15, 0.2) is 6.07 Å². The summed E-state index contributed by atoms with van der Waals surface area (Å²) in [4.78, 5) is 69.6. The number of halogens is 3. The zero-order valence-electron chi connectivity index (χ0n) is 25.7. The van der Waals surface area contributed by atoms with Crippen LogP contribution in [-0.2, 0) is 38.3 Å². The van der Waals surface area contributed by atoms with Gasteiger partial charge in [-0.3, -0.25) is 28.9 Å². The lowest BCUT2D eigenvalue weighted by Crippen LogP contribution is -2.74. The van der Waals surface area contributed by atoms with Gasteiger partial charge in [-0.1, -0.05) is 25.7 Å². The molecule has 45 heavy (non-hydrogen) atoms. The largest absolute Gasteiger partial charge is 0.507 e. The number of nitrogens with zero attached hydrogens (tertiary/aromatic N) is 2. The number of nitrogens with two attached hydrogens (primary N) is 1. The van der Waals surface area contributed by atoms with Gasteiger partial charge in [-0.25, -0.2) is 0 Å². The third kappa shape index (κ3) is 5.50. The first kappa shape index (κ1) is 33.2. The van der Waals surface area contributed by atoms with Gasteiger partial charge < -0.3 is 20.8 Å². The van der Waals surface area contributed by atoms with Crippen molar-refractivity contribution in [3.05, 3.63) is 28.3 Å². The first-order valence-electron chi connectivity index (χ1n) is 15.5. The molecule has 5 rings (SSSR count). The molecule has 3 fully saturated rings. The second-order valence-electron chi connectivity index (χ2n) is 13.6. The van der Waals surface area contributed by atoms with Crippen molar-refractivity contribution in [3.8, 4) is 5.75 Å². The maximum absolute atomic E-state index is 14.8. The van der Waals surface area contributed by atoms with Gasteiger partial charge in [-0.2, -0.15) is 13.2 Å². The van der Waals surface area contributed by atoms with Crippen molar-refractivity contribution in [2.45, 2.75) is 75.7 Å². The van der Waals surface area contributed by atoms with Crippen molar-refractivity contribution in [1.29, 1.82) is 0 Å². The maximum atomic E-state index is 14.8. The van der Waals surface area contributed by atoms with Crippen LogP contribution < -0.4 is 5.73 Å². The molecule has 0 heterocycles. The molecule has 0 aromatic heterocycles. The Labute approximate surface area is 259 Å². The Morgan fingerprint density at radius 2 is 1.67 bits per heavy atom. The van der Waals surface area contributed by atoms with E-state index in [2.05, 4.69) is 0 Å². The second kappa shape index (κ2) is 11.9. The number of rotatable bonds is 6. The van der Waals surface area contributed by atoms with Crippen molar-refractivity contribution >= 4 is 29.0 Å². The molecule has 0 bridgehead atoms. The first-order valence-corrected chi connectivity index (χ1v) is 15.5. The third-order valence-corrected chi connectivity index (χ3v) is 10.4. The zero-order chi connectivity index (χ0) is 33.2. The minimum absolute atomic E-state index is 0.129. The van der Waals surface area contributed by atoms with Crippen molar-refractivity contribution in [3.63, 3.8) is 0 Å². The number of benzene rings is 1. The monoisotopic (exact) mass is 635 g/mol. The SMILES string of the molecule is CN(Cc1cc(O)c2c(c1C(F)(F)F)C[C@H]1C[C@H]3[C@H](N(C)C)C(=O)C(C(N)=O)C(=O)[C@@]3(O)C(=O)C1C2=O)CC1CCCCCC1. The molecular weight excluding hydrogens is 595 g/mol. The molecule has 1 aromatic rings. The number of Topliss-reactive ketones (excluding diaryl/α,β-unsaturated/α-hetero) is 4. The van der Waals surface area contributed by atoms with Crippen LogP contribution in [0.4, 0.5) is 13.2 Å². The van der Waals surface area contributed by atoms with Crippen molar-refractivity contribution < 1.29 is 47.4 Å². The lowest BCUT2D eigenvalue weighted by atomic mass is 9.52. The summed E-state index contributed by atoms with van der Waals surface area (Å²) in [5, 5.41) is 22.7. The summed E-state index contributed by atoms with van der Waals surface area (Å²) in [6, 6.07) is -0.421. The molecule has 1 aromatic carbocycles. The van der Waals surface area contributed by atoms with E-state index in [1.807, 2.05) is 0 Å². The highest BCUT2D eigenvalue weighted by atomic mass is 19.4. The number of aromatic hydroxyl groups is 1. The molecule has 246 valence electrons. The summed E-state index contributed by atoms with van der Waals surface area (Å²) in [5.41, 5.74) is 0.0290. The third-order valence-electron chi connectivity index (χ3n) is 10.4. The van der Waals surface area contributed by atoms with Gasteiger partial charge in [0.25, 0.3) is 0 Å². The number of amides is 1. The van der Waals surface area contributed by atoms with Crippen LogP contribution in [0.5, 0.6) is 5.75 Å². The number of hydrogen-bond donors (Lipinski definition) is 3. The average Bonchev–Trinajstić information content (AvgIpc) is 3.18. The fourth-order valence-electron chi connectivity index (χ4n) is 8.56. The Kier molecular flexibility index (Phi) is 8.77. The van der Waals surface area contributed by atoms with Crippen LogP contribution in [0, 0.1) is 29.6 Å². The van der Waals surface area contributed by atoms with Gasteiger partial charge in [0.2, 0.25) is 5.91 Å². The van der Waals surface area contributed by atoms with Crippen LogP contribution >= 0.6 is 0 Å². The van der Waals surface area contributed by atoms with Crippen LogP contribution in [-0.4, -0.2) is 88.4 Å². The molecule has 4 aliphatic rings. The molecule has 0 saturated heterocycles. The summed E-state index contributed by atoms with van der Waals surface area (Å²) in [5.74, 6) is -12.9. The number of alkyl halides is 3. The first-order chi connectivity index (χ1) is 21.0. The van der Waals surface area contributed by atoms with Gasteiger partial charge in [0, 0.05) is 19.0 Å². The van der Waals surface area contributed by atoms with E-state index in [1.54, 1.807) is 11.9 Å². The Balaban J connectivity index is 1.56. The van der Waals surface area contributed by atoms with Gasteiger partial charge in [-0.15, -0.1) is 0 Å². The second-order valence-corrected chi connectivity index (χ2v) is 13.6. The topological polar surface area (TPSA) is 158 Å². The smallest absolute Gasteiger partial charge is 0.417 e. The molecule has 4 N–H and O–H groups in total. The van der Waals surface area contributed by atoms with Gasteiger partial charge in [0.1, 0.15) is 5.75 Å². The molecule has 1 amide bonds. The fourth-order valence-corrected chi connectivity index (χ4v) is 8.56. The lowest BCUT2D eigenvalue weighted by Gasteiger charge is -2.52. The predicted molar refractivity (Wildman–Crippen MR) is 154 cm³/mol. The van der Waals surface area contributed by atoms with E-state index in [-0.39, 0.29) is 18.5 Å². The minimum atomic E-state index is -4.90. The number of carbonyl (C=O) groups is 5. The van der Waals surface area contributed by atoms with Crippen LogP contribution in [0.3, 0.4) is 0 Å². The number of likely N-dealkylation sites (N-methyl/N-ethyl adjacent to an activating group) is 1. The van der Waals surface area contributed by atoms with Gasteiger partial charge in [0.05, 0.1) is 23.1 Å². The Bertz CT molecular complexity index is 1440. The number of carbonyl (C=O) groups excluding carboxylic acids is 5. The molecule has 0 aliphatic heterocycles. The highest BCUT2D eigenvalue weighted by Gasteiger charge is 2.69. The standard InChI is InChI=1S/C32H40F3N3O7/c1-37(2)25-19-11-16-10-18-22(26(40)21(16)28(42)31(19,45)29(43)23(27(25)41)30(36)44)20(39)12-17(24(18)32(33,34)35)14-38(3)13-15-8-6-4-5-7-9-15/h12,15-16,19,21,23,25,39,45H,4-11,13-14H2,1-3H3,(H2,36,44)/t16-,19-,21?,23?,25-,31-/m0/s1. The Hall–Kier alpha value is -3.16. The molecular formula is C32H40F3N3O7. The van der Waals surface area contributed by atoms with Crippen molar-refractivity contribution in [2.75, 3.05) is 27.7 Å². The summed E-state index contributed by atoms with van der Waals surface area (Å²) >= 11 is 0. The summed E-state index contributed by atoms with van der Waals surface area (Å²) in [6.45, 7) is 0.448. The summed E-state index contributed by atoms with van der Waals surface area (Å²) in [7, 11) is 4.60. The van der Waals surface area contributed by atoms with Crippen LogP contribution in [0.25, 0.3) is 0 Å². The molecule has 2 unspecified atom stereocenters. The number of phenols is 1. The lowest BCUT2D eigenvalue weighted by molar-refractivity contribution is -0.181. The van der Waals surface area contributed by atoms with Gasteiger partial charge in [-0.05, 0) is 75.9 Å². The van der Waals surface area contributed by atoms with Gasteiger partial charge in [0.15, 0.2) is 34.7 Å². The van der Waals surface area contributed by atoms with Crippen molar-refractivity contribution in [1.82, 2.24) is 9.80 Å². The number of hydrogen-bond acceptors (Lipinski definition) is 9. The van der Waals surface area contributed by atoms with Crippen molar-refractivity contribution in [2.24, 2.45) is 35.3 Å². The van der Waals surface area contributed by atoms with E-state index < -0.39 is 99.4 Å². The van der Waals surface area contributed by atoms with E-state index in [1.165, 1.54) is 19.0 Å². The molecule has 0 radical (unpaired) electrons. The maximum Gasteiger partial charge on any atom is 0.417 e. The number of ketones is 4. The van der Waals surface area contributed by atoms with Gasteiger partial charge >= 0.3 is 6.18 Å². The van der Waals surface area contributed by atoms with E-state index in [0.717, 1.165) is 44.6 Å². The summed E-state index contributed by atoms with van der Waals surface area (Å²) in [6.07, 6.45) is 0.715. The highest BCUT2D eigenvalue weighted by molar-refractivity contribution is 6.32. The fraction of sp³-hybridized carbons (Fsp3) is 0.656. The predicted octanol–water partition coefficient (Wildman–Crippen LogP) is 2.29. The molecule has 4 aliphatic carbocycles.